The normalized spacial score (nSPS) is 10.3. The highest BCUT2D eigenvalue weighted by atomic mass is 32.1. The summed E-state index contributed by atoms with van der Waals surface area (Å²) >= 11 is 4.20. The Labute approximate surface area is 154 Å². The number of phenolic OH excluding ortho intramolecular Hbond substituents is 2. The molecule has 4 heteroatoms. The summed E-state index contributed by atoms with van der Waals surface area (Å²) in [5.41, 5.74) is 6.24. The van der Waals surface area contributed by atoms with Gasteiger partial charge in [0.15, 0.2) is 11.5 Å². The van der Waals surface area contributed by atoms with E-state index in [0.717, 1.165) is 11.3 Å². The highest BCUT2D eigenvalue weighted by Gasteiger charge is 1.98. The molecule has 0 heterocycles. The lowest BCUT2D eigenvalue weighted by Gasteiger charge is -2.00. The monoisotopic (exact) mass is 355 g/mol. The molecule has 4 N–H and O–H groups in total. The molecular weight excluding hydrogens is 318 g/mol. The van der Waals surface area contributed by atoms with Crippen LogP contribution in [0.1, 0.15) is 76.7 Å². The summed E-state index contributed by atoms with van der Waals surface area (Å²) in [4.78, 5) is 0. The van der Waals surface area contributed by atoms with Crippen LogP contribution in [-0.4, -0.2) is 22.5 Å². The standard InChI is InChI=1S/C12H26S.C8H11NO2/c1-2-3-4-5-6-7-8-9-10-11-12-13;9-4-3-6-1-2-7(10)8(11)5-6/h13H,2-12H2,1H3;1-2,5,10-11H,3-4,9H2. The van der Waals surface area contributed by atoms with Gasteiger partial charge in [-0.15, -0.1) is 0 Å². The molecule has 0 spiro atoms. The van der Waals surface area contributed by atoms with Crippen LogP contribution in [0.25, 0.3) is 0 Å². The van der Waals surface area contributed by atoms with E-state index in [1.807, 2.05) is 0 Å². The summed E-state index contributed by atoms with van der Waals surface area (Å²) < 4.78 is 0. The van der Waals surface area contributed by atoms with E-state index in [-0.39, 0.29) is 11.5 Å². The van der Waals surface area contributed by atoms with E-state index < -0.39 is 0 Å². The summed E-state index contributed by atoms with van der Waals surface area (Å²) in [5.74, 6) is 0.887. The molecular formula is C20H37NO2S. The van der Waals surface area contributed by atoms with Crippen molar-refractivity contribution in [2.45, 2.75) is 77.6 Å². The molecule has 0 atom stereocenters. The Morgan fingerprint density at radius 3 is 1.83 bits per heavy atom. The summed E-state index contributed by atoms with van der Waals surface area (Å²) in [6, 6.07) is 4.71. The van der Waals surface area contributed by atoms with Gasteiger partial charge in [-0.05, 0) is 42.8 Å². The van der Waals surface area contributed by atoms with Gasteiger partial charge in [0.25, 0.3) is 0 Å². The molecule has 0 aliphatic heterocycles. The van der Waals surface area contributed by atoms with E-state index in [1.165, 1.54) is 76.3 Å². The van der Waals surface area contributed by atoms with Crippen LogP contribution in [0.2, 0.25) is 0 Å². The number of unbranched alkanes of at least 4 members (excludes halogenated alkanes) is 9. The second-order valence-electron chi connectivity index (χ2n) is 6.27. The van der Waals surface area contributed by atoms with Crippen molar-refractivity contribution in [1.82, 2.24) is 0 Å². The zero-order valence-electron chi connectivity index (χ0n) is 15.3. The minimum absolute atomic E-state index is 0.0871. The van der Waals surface area contributed by atoms with Crippen LogP contribution in [0.5, 0.6) is 11.5 Å². The first-order valence-electron chi connectivity index (χ1n) is 9.47. The molecule has 0 aliphatic carbocycles. The number of rotatable bonds is 12. The lowest BCUT2D eigenvalue weighted by Crippen LogP contribution is -2.02. The van der Waals surface area contributed by atoms with Crippen LogP contribution < -0.4 is 5.73 Å². The third kappa shape index (κ3) is 13.6. The number of aromatic hydroxyl groups is 2. The minimum atomic E-state index is -0.0919. The van der Waals surface area contributed by atoms with Crippen LogP contribution >= 0.6 is 12.6 Å². The van der Waals surface area contributed by atoms with E-state index in [9.17, 15) is 0 Å². The number of phenols is 2. The molecule has 1 rings (SSSR count). The van der Waals surface area contributed by atoms with E-state index in [1.54, 1.807) is 6.07 Å². The SMILES string of the molecule is CCCCCCCCCCCCS.NCCc1ccc(O)c(O)c1. The first-order chi connectivity index (χ1) is 11.7. The Balaban J connectivity index is 0.000000446. The third-order valence-electron chi connectivity index (χ3n) is 3.98. The zero-order chi connectivity index (χ0) is 18.0. The van der Waals surface area contributed by atoms with Gasteiger partial charge < -0.3 is 15.9 Å². The molecule has 1 aromatic rings. The van der Waals surface area contributed by atoms with Gasteiger partial charge in [0.05, 0.1) is 0 Å². The third-order valence-corrected chi connectivity index (χ3v) is 4.30. The first-order valence-corrected chi connectivity index (χ1v) is 10.1. The number of thiol groups is 1. The quantitative estimate of drug-likeness (QED) is 0.229. The number of benzene rings is 1. The van der Waals surface area contributed by atoms with Crippen molar-refractivity contribution in [2.24, 2.45) is 5.73 Å². The molecule has 1 aromatic carbocycles. The first kappa shape index (κ1) is 23.1. The summed E-state index contributed by atoms with van der Waals surface area (Å²) in [6.45, 7) is 2.82. The molecule has 0 aliphatic rings. The fourth-order valence-corrected chi connectivity index (χ4v) is 2.71. The van der Waals surface area contributed by atoms with Gasteiger partial charge in [-0.3, -0.25) is 0 Å². The number of hydrogen-bond donors (Lipinski definition) is 4. The lowest BCUT2D eigenvalue weighted by molar-refractivity contribution is 0.403. The van der Waals surface area contributed by atoms with Crippen LogP contribution in [0, 0.1) is 0 Å². The van der Waals surface area contributed by atoms with Crippen molar-refractivity contribution in [3.63, 3.8) is 0 Å². The maximum atomic E-state index is 9.04. The van der Waals surface area contributed by atoms with Crippen LogP contribution in [-0.2, 0) is 6.42 Å². The lowest BCUT2D eigenvalue weighted by atomic mass is 10.1. The Bertz CT molecular complexity index is 389. The van der Waals surface area contributed by atoms with Crippen molar-refractivity contribution >= 4 is 12.6 Å². The molecule has 24 heavy (non-hydrogen) atoms. The van der Waals surface area contributed by atoms with Gasteiger partial charge in [-0.25, -0.2) is 0 Å². The van der Waals surface area contributed by atoms with E-state index in [2.05, 4.69) is 19.6 Å². The van der Waals surface area contributed by atoms with Crippen molar-refractivity contribution in [3.8, 4) is 11.5 Å². The van der Waals surface area contributed by atoms with Gasteiger partial charge in [-0.2, -0.15) is 12.6 Å². The Morgan fingerprint density at radius 1 is 0.833 bits per heavy atom. The summed E-state index contributed by atoms with van der Waals surface area (Å²) in [5, 5.41) is 18.0. The minimum Gasteiger partial charge on any atom is -0.504 e. The highest BCUT2D eigenvalue weighted by Crippen LogP contribution is 2.24. The van der Waals surface area contributed by atoms with Crippen molar-refractivity contribution in [1.29, 1.82) is 0 Å². The van der Waals surface area contributed by atoms with Gasteiger partial charge in [0.2, 0.25) is 0 Å². The van der Waals surface area contributed by atoms with Crippen molar-refractivity contribution in [3.05, 3.63) is 23.8 Å². The van der Waals surface area contributed by atoms with Crippen molar-refractivity contribution < 1.29 is 10.2 Å². The fraction of sp³-hybridized carbons (Fsp3) is 0.700. The maximum Gasteiger partial charge on any atom is 0.157 e. The van der Waals surface area contributed by atoms with E-state index in [0.29, 0.717) is 13.0 Å². The number of hydrogen-bond acceptors (Lipinski definition) is 4. The number of nitrogens with two attached hydrogens (primary N) is 1. The van der Waals surface area contributed by atoms with Crippen molar-refractivity contribution in [2.75, 3.05) is 12.3 Å². The van der Waals surface area contributed by atoms with Crippen LogP contribution in [0.3, 0.4) is 0 Å². The molecule has 0 amide bonds. The molecule has 0 bridgehead atoms. The molecule has 3 nitrogen and oxygen atoms in total. The highest BCUT2D eigenvalue weighted by molar-refractivity contribution is 7.80. The topological polar surface area (TPSA) is 66.5 Å². The van der Waals surface area contributed by atoms with Crippen LogP contribution in [0.15, 0.2) is 18.2 Å². The summed E-state index contributed by atoms with van der Waals surface area (Å²) in [7, 11) is 0. The maximum absolute atomic E-state index is 9.04. The molecule has 0 unspecified atom stereocenters. The average molecular weight is 356 g/mol. The Hall–Kier alpha value is -0.870. The molecule has 140 valence electrons. The molecule has 0 aromatic heterocycles. The largest absolute Gasteiger partial charge is 0.504 e. The Kier molecular flexibility index (Phi) is 16.4. The summed E-state index contributed by atoms with van der Waals surface area (Å²) in [6.07, 6.45) is 14.9. The second-order valence-corrected chi connectivity index (χ2v) is 6.71. The van der Waals surface area contributed by atoms with Gasteiger partial charge in [0, 0.05) is 0 Å². The fourth-order valence-electron chi connectivity index (χ4n) is 2.49. The van der Waals surface area contributed by atoms with Crippen LogP contribution in [0.4, 0.5) is 0 Å². The predicted octanol–water partition coefficient (Wildman–Crippen LogP) is 5.44. The molecule has 0 radical (unpaired) electrons. The van der Waals surface area contributed by atoms with Gasteiger partial charge >= 0.3 is 0 Å². The van der Waals surface area contributed by atoms with Gasteiger partial charge in [0.1, 0.15) is 0 Å². The van der Waals surface area contributed by atoms with Gasteiger partial charge in [-0.1, -0.05) is 70.8 Å². The molecule has 0 saturated heterocycles. The molecule has 0 fully saturated rings. The average Bonchev–Trinajstić information content (AvgIpc) is 2.58. The molecule has 0 saturated carbocycles. The second kappa shape index (κ2) is 17.0. The van der Waals surface area contributed by atoms with E-state index in [4.69, 9.17) is 15.9 Å². The Morgan fingerprint density at radius 2 is 1.38 bits per heavy atom. The van der Waals surface area contributed by atoms with E-state index >= 15 is 0 Å². The smallest absolute Gasteiger partial charge is 0.157 e. The zero-order valence-corrected chi connectivity index (χ0v) is 16.2. The predicted molar refractivity (Wildman–Crippen MR) is 108 cm³/mol.